The number of anilines is 1. The fourth-order valence-corrected chi connectivity index (χ4v) is 4.10. The molecular formula is C22H22ClF3N2O. The third-order valence-corrected chi connectivity index (χ3v) is 5.45. The number of hydrogen-bond acceptors (Lipinski definition) is 2. The SMILES string of the molecule is Cl.O=C(C=Cc1cccc(C(F)(F)F)c1)Nc1ccc2c(c1)C1CCCN1CC2. The average Bonchev–Trinajstić information content (AvgIpc) is 3.15. The molecule has 0 radical (unpaired) electrons. The third-order valence-electron chi connectivity index (χ3n) is 5.45. The first-order valence-electron chi connectivity index (χ1n) is 9.43. The van der Waals surface area contributed by atoms with Crippen molar-refractivity contribution in [2.24, 2.45) is 0 Å². The Morgan fingerprint density at radius 2 is 1.97 bits per heavy atom. The molecule has 0 aliphatic carbocycles. The Hall–Kier alpha value is -2.31. The molecule has 2 heterocycles. The molecule has 0 saturated carbocycles. The lowest BCUT2D eigenvalue weighted by Crippen LogP contribution is -2.30. The monoisotopic (exact) mass is 422 g/mol. The van der Waals surface area contributed by atoms with Crippen LogP contribution in [-0.2, 0) is 17.4 Å². The van der Waals surface area contributed by atoms with Crippen molar-refractivity contribution in [3.8, 4) is 0 Å². The van der Waals surface area contributed by atoms with E-state index in [9.17, 15) is 18.0 Å². The summed E-state index contributed by atoms with van der Waals surface area (Å²) in [6, 6.07) is 11.3. The van der Waals surface area contributed by atoms with E-state index < -0.39 is 11.7 Å². The van der Waals surface area contributed by atoms with Gasteiger partial charge in [0, 0.05) is 24.4 Å². The van der Waals surface area contributed by atoms with E-state index in [1.165, 1.54) is 41.8 Å². The van der Waals surface area contributed by atoms with Gasteiger partial charge in [-0.3, -0.25) is 9.69 Å². The van der Waals surface area contributed by atoms with Gasteiger partial charge in [0.2, 0.25) is 5.91 Å². The molecule has 0 bridgehead atoms. The van der Waals surface area contributed by atoms with E-state index in [0.29, 0.717) is 17.3 Å². The summed E-state index contributed by atoms with van der Waals surface area (Å²) in [6.45, 7) is 2.21. The zero-order valence-electron chi connectivity index (χ0n) is 15.7. The summed E-state index contributed by atoms with van der Waals surface area (Å²) in [6.07, 6.45) is 1.61. The standard InChI is InChI=1S/C22H21F3N2O.ClH/c23-22(24,25)17-4-1-3-15(13-17)6-9-21(28)26-18-8-7-16-10-12-27-11-2-5-20(27)19(16)14-18;/h1,3-4,6-9,13-14,20H,2,5,10-12H2,(H,26,28);1H. The smallest absolute Gasteiger partial charge is 0.323 e. The van der Waals surface area contributed by atoms with Crippen molar-refractivity contribution in [2.45, 2.75) is 31.5 Å². The number of halogens is 4. The molecule has 1 unspecified atom stereocenters. The van der Waals surface area contributed by atoms with Crippen LogP contribution in [-0.4, -0.2) is 23.9 Å². The van der Waals surface area contributed by atoms with Crippen LogP contribution in [0, 0.1) is 0 Å². The molecule has 1 saturated heterocycles. The van der Waals surface area contributed by atoms with E-state index in [-0.39, 0.29) is 18.3 Å². The van der Waals surface area contributed by atoms with Crippen molar-refractivity contribution in [2.75, 3.05) is 18.4 Å². The van der Waals surface area contributed by atoms with Gasteiger partial charge in [-0.2, -0.15) is 13.2 Å². The van der Waals surface area contributed by atoms with Crippen molar-refractivity contribution in [3.05, 3.63) is 70.8 Å². The van der Waals surface area contributed by atoms with Gasteiger partial charge in [-0.05, 0) is 72.8 Å². The Balaban J connectivity index is 0.00000240. The molecule has 29 heavy (non-hydrogen) atoms. The minimum absolute atomic E-state index is 0. The summed E-state index contributed by atoms with van der Waals surface area (Å²) in [7, 11) is 0. The highest BCUT2D eigenvalue weighted by molar-refractivity contribution is 6.02. The maximum absolute atomic E-state index is 12.8. The summed E-state index contributed by atoms with van der Waals surface area (Å²) >= 11 is 0. The molecule has 1 fully saturated rings. The summed E-state index contributed by atoms with van der Waals surface area (Å²) in [5.74, 6) is -0.364. The first kappa shape index (κ1) is 21.4. The molecule has 1 atom stereocenters. The molecule has 0 aromatic heterocycles. The molecule has 3 nitrogen and oxygen atoms in total. The topological polar surface area (TPSA) is 32.3 Å². The predicted molar refractivity (Wildman–Crippen MR) is 110 cm³/mol. The highest BCUT2D eigenvalue weighted by atomic mass is 35.5. The summed E-state index contributed by atoms with van der Waals surface area (Å²) in [4.78, 5) is 14.7. The number of carbonyl (C=O) groups excluding carboxylic acids is 1. The van der Waals surface area contributed by atoms with Crippen LogP contribution in [0.2, 0.25) is 0 Å². The number of nitrogens with one attached hydrogen (secondary N) is 1. The van der Waals surface area contributed by atoms with Crippen molar-refractivity contribution >= 4 is 30.1 Å². The molecule has 4 rings (SSSR count). The first-order chi connectivity index (χ1) is 13.4. The number of nitrogens with zero attached hydrogens (tertiary/aromatic N) is 1. The number of amides is 1. The molecule has 0 spiro atoms. The Morgan fingerprint density at radius 3 is 2.76 bits per heavy atom. The van der Waals surface area contributed by atoms with Gasteiger partial charge in [0.15, 0.2) is 0 Å². The summed E-state index contributed by atoms with van der Waals surface area (Å²) < 4.78 is 38.3. The minimum atomic E-state index is -4.40. The highest BCUT2D eigenvalue weighted by Crippen LogP contribution is 2.38. The van der Waals surface area contributed by atoms with Crippen LogP contribution in [0.1, 0.15) is 41.1 Å². The molecule has 2 aliphatic heterocycles. The van der Waals surface area contributed by atoms with E-state index in [4.69, 9.17) is 0 Å². The number of benzene rings is 2. The molecule has 7 heteroatoms. The quantitative estimate of drug-likeness (QED) is 0.665. The second-order valence-corrected chi connectivity index (χ2v) is 7.30. The van der Waals surface area contributed by atoms with Gasteiger partial charge in [-0.15, -0.1) is 12.4 Å². The second kappa shape index (κ2) is 8.59. The Bertz CT molecular complexity index is 927. The zero-order valence-corrected chi connectivity index (χ0v) is 16.5. The van der Waals surface area contributed by atoms with Gasteiger partial charge in [-0.1, -0.05) is 18.2 Å². The number of fused-ring (bicyclic) bond motifs is 3. The van der Waals surface area contributed by atoms with E-state index >= 15 is 0 Å². The Morgan fingerprint density at radius 1 is 1.14 bits per heavy atom. The van der Waals surface area contributed by atoms with Crippen molar-refractivity contribution in [1.29, 1.82) is 0 Å². The van der Waals surface area contributed by atoms with Crippen molar-refractivity contribution < 1.29 is 18.0 Å². The highest BCUT2D eigenvalue weighted by Gasteiger charge is 2.31. The maximum Gasteiger partial charge on any atom is 0.416 e. The molecule has 2 aromatic carbocycles. The van der Waals surface area contributed by atoms with Crippen LogP contribution in [0.5, 0.6) is 0 Å². The van der Waals surface area contributed by atoms with Crippen LogP contribution in [0.15, 0.2) is 48.5 Å². The van der Waals surface area contributed by atoms with Crippen LogP contribution >= 0.6 is 12.4 Å². The van der Waals surface area contributed by atoms with Crippen LogP contribution in [0.3, 0.4) is 0 Å². The fourth-order valence-electron chi connectivity index (χ4n) is 4.10. The van der Waals surface area contributed by atoms with Crippen LogP contribution < -0.4 is 5.32 Å². The Kier molecular flexibility index (Phi) is 6.34. The lowest BCUT2D eigenvalue weighted by Gasteiger charge is -2.32. The lowest BCUT2D eigenvalue weighted by atomic mass is 9.92. The number of alkyl halides is 3. The van der Waals surface area contributed by atoms with E-state index in [1.54, 1.807) is 0 Å². The van der Waals surface area contributed by atoms with Crippen LogP contribution in [0.25, 0.3) is 6.08 Å². The zero-order chi connectivity index (χ0) is 19.7. The van der Waals surface area contributed by atoms with Crippen LogP contribution in [0.4, 0.5) is 18.9 Å². The normalized spacial score (nSPS) is 18.8. The van der Waals surface area contributed by atoms with Crippen molar-refractivity contribution in [3.63, 3.8) is 0 Å². The minimum Gasteiger partial charge on any atom is -0.323 e. The van der Waals surface area contributed by atoms with Gasteiger partial charge in [0.1, 0.15) is 0 Å². The molecule has 2 aliphatic rings. The summed E-state index contributed by atoms with van der Waals surface area (Å²) in [5, 5.41) is 2.82. The fraction of sp³-hybridized carbons (Fsp3) is 0.318. The summed E-state index contributed by atoms with van der Waals surface area (Å²) in [5.41, 5.74) is 2.93. The second-order valence-electron chi connectivity index (χ2n) is 7.30. The Labute approximate surface area is 174 Å². The molecule has 154 valence electrons. The largest absolute Gasteiger partial charge is 0.416 e. The number of rotatable bonds is 3. The third kappa shape index (κ3) is 4.82. The molecule has 2 aromatic rings. The van der Waals surface area contributed by atoms with Gasteiger partial charge >= 0.3 is 6.18 Å². The maximum atomic E-state index is 12.8. The number of hydrogen-bond donors (Lipinski definition) is 1. The first-order valence-corrected chi connectivity index (χ1v) is 9.43. The molecule has 1 amide bonds. The average molecular weight is 423 g/mol. The van der Waals surface area contributed by atoms with E-state index in [1.807, 2.05) is 12.1 Å². The van der Waals surface area contributed by atoms with Gasteiger partial charge in [0.05, 0.1) is 5.56 Å². The number of carbonyl (C=O) groups is 1. The van der Waals surface area contributed by atoms with Gasteiger partial charge in [-0.25, -0.2) is 0 Å². The lowest BCUT2D eigenvalue weighted by molar-refractivity contribution is -0.137. The molecular weight excluding hydrogens is 401 g/mol. The van der Waals surface area contributed by atoms with Crippen molar-refractivity contribution in [1.82, 2.24) is 4.90 Å². The van der Waals surface area contributed by atoms with E-state index in [2.05, 4.69) is 16.3 Å². The van der Waals surface area contributed by atoms with E-state index in [0.717, 1.165) is 38.1 Å². The van der Waals surface area contributed by atoms with Gasteiger partial charge < -0.3 is 5.32 Å². The molecule has 1 N–H and O–H groups in total. The predicted octanol–water partition coefficient (Wildman–Crippen LogP) is 5.47. The van der Waals surface area contributed by atoms with Gasteiger partial charge in [0.25, 0.3) is 0 Å².